The van der Waals surface area contributed by atoms with Crippen LogP contribution in [-0.4, -0.2) is 34.0 Å². The molecule has 30 heavy (non-hydrogen) atoms. The minimum absolute atomic E-state index is 0.0178. The summed E-state index contributed by atoms with van der Waals surface area (Å²) >= 11 is 2.51. The zero-order chi connectivity index (χ0) is 21.8. The van der Waals surface area contributed by atoms with Gasteiger partial charge >= 0.3 is 5.97 Å². The average molecular weight is 445 g/mol. The number of nitro groups is 1. The Hall–Kier alpha value is -3.44. The largest absolute Gasteiger partial charge is 0.505 e. The highest BCUT2D eigenvalue weighted by atomic mass is 32.2. The molecule has 0 atom stereocenters. The van der Waals surface area contributed by atoms with Crippen LogP contribution in [0.15, 0.2) is 51.0 Å². The molecule has 0 aliphatic carbocycles. The summed E-state index contributed by atoms with van der Waals surface area (Å²) in [5.74, 6) is -1.91. The summed E-state index contributed by atoms with van der Waals surface area (Å²) in [6.07, 6.45) is 0. The number of para-hydroxylation sites is 1. The molecule has 2 N–H and O–H groups in total. The minimum Gasteiger partial charge on any atom is -0.505 e. The standard InChI is InChI=1S/C19H15N3O6S2/c1-10-9-29-19(20-10)30-15-7-6-11(8-14(15)22(26)27)17(24)21-13-5-3-4-12(16(13)23)18(25)28-2/h3-9,23H,1-2H3,(H,21,24). The first-order chi connectivity index (χ1) is 14.3. The van der Waals surface area contributed by atoms with E-state index in [9.17, 15) is 24.8 Å². The summed E-state index contributed by atoms with van der Waals surface area (Å²) in [5.41, 5.74) is 0.446. The number of aryl methyl sites for hydroxylation is 1. The predicted octanol–water partition coefficient (Wildman–Crippen LogP) is 4.26. The normalized spacial score (nSPS) is 10.5. The molecule has 1 aromatic heterocycles. The number of thiazole rings is 1. The van der Waals surface area contributed by atoms with Crippen LogP contribution >= 0.6 is 23.1 Å². The molecule has 0 spiro atoms. The third-order valence-electron chi connectivity index (χ3n) is 3.90. The van der Waals surface area contributed by atoms with Crippen molar-refractivity contribution in [2.75, 3.05) is 12.4 Å². The topological polar surface area (TPSA) is 132 Å². The SMILES string of the molecule is COC(=O)c1cccc(NC(=O)c2ccc(Sc3nc(C)cs3)c([N+](=O)[O-])c2)c1O. The molecule has 3 aromatic rings. The number of hydrogen-bond donors (Lipinski definition) is 2. The summed E-state index contributed by atoms with van der Waals surface area (Å²) < 4.78 is 5.22. The van der Waals surface area contributed by atoms with Crippen molar-refractivity contribution in [2.24, 2.45) is 0 Å². The van der Waals surface area contributed by atoms with Gasteiger partial charge in [-0.05, 0) is 31.2 Å². The van der Waals surface area contributed by atoms with Crippen molar-refractivity contribution in [1.82, 2.24) is 4.98 Å². The lowest BCUT2D eigenvalue weighted by molar-refractivity contribution is -0.387. The van der Waals surface area contributed by atoms with Crippen LogP contribution in [0.3, 0.4) is 0 Å². The van der Waals surface area contributed by atoms with Gasteiger partial charge in [-0.15, -0.1) is 11.3 Å². The van der Waals surface area contributed by atoms with Crippen LogP contribution < -0.4 is 5.32 Å². The Bertz CT molecular complexity index is 1150. The molecule has 11 heteroatoms. The molecule has 0 aliphatic heterocycles. The Kier molecular flexibility index (Phi) is 6.33. The highest BCUT2D eigenvalue weighted by Crippen LogP contribution is 2.37. The lowest BCUT2D eigenvalue weighted by atomic mass is 10.1. The first-order valence-corrected chi connectivity index (χ1v) is 10.1. The second-order valence-electron chi connectivity index (χ2n) is 5.94. The number of nitro benzene ring substituents is 1. The van der Waals surface area contributed by atoms with Gasteiger partial charge < -0.3 is 15.2 Å². The van der Waals surface area contributed by atoms with Gasteiger partial charge in [-0.3, -0.25) is 14.9 Å². The fourth-order valence-electron chi connectivity index (χ4n) is 2.47. The third-order valence-corrected chi connectivity index (χ3v) is 6.02. The number of methoxy groups -OCH3 is 1. The van der Waals surface area contributed by atoms with E-state index in [1.807, 2.05) is 12.3 Å². The second kappa shape index (κ2) is 8.93. The van der Waals surface area contributed by atoms with Crippen molar-refractivity contribution in [2.45, 2.75) is 16.2 Å². The van der Waals surface area contributed by atoms with E-state index in [1.54, 1.807) is 0 Å². The molecule has 0 saturated carbocycles. The zero-order valence-electron chi connectivity index (χ0n) is 15.7. The molecule has 0 saturated heterocycles. The smallest absolute Gasteiger partial charge is 0.341 e. The quantitative estimate of drug-likeness (QED) is 0.249. The van der Waals surface area contributed by atoms with Crippen LogP contribution in [-0.2, 0) is 4.74 Å². The first kappa shape index (κ1) is 21.3. The molecule has 154 valence electrons. The number of hydrogen-bond acceptors (Lipinski definition) is 9. The number of rotatable bonds is 6. The van der Waals surface area contributed by atoms with E-state index in [1.165, 1.54) is 48.8 Å². The Morgan fingerprint density at radius 3 is 2.70 bits per heavy atom. The number of benzene rings is 2. The highest BCUT2D eigenvalue weighted by Gasteiger charge is 2.21. The number of anilines is 1. The summed E-state index contributed by atoms with van der Waals surface area (Å²) in [4.78, 5) is 39.8. The maximum atomic E-state index is 12.6. The van der Waals surface area contributed by atoms with Crippen molar-refractivity contribution in [3.8, 4) is 5.75 Å². The van der Waals surface area contributed by atoms with Gasteiger partial charge in [-0.1, -0.05) is 17.8 Å². The third kappa shape index (κ3) is 4.58. The van der Waals surface area contributed by atoms with Crippen molar-refractivity contribution >= 4 is 46.3 Å². The molecule has 0 radical (unpaired) electrons. The van der Waals surface area contributed by atoms with Gasteiger partial charge in [0.15, 0.2) is 10.1 Å². The van der Waals surface area contributed by atoms with E-state index in [4.69, 9.17) is 0 Å². The van der Waals surface area contributed by atoms with E-state index in [2.05, 4.69) is 15.0 Å². The highest BCUT2D eigenvalue weighted by molar-refractivity contribution is 8.01. The van der Waals surface area contributed by atoms with Gasteiger partial charge in [-0.25, -0.2) is 9.78 Å². The van der Waals surface area contributed by atoms with Crippen molar-refractivity contribution < 1.29 is 24.4 Å². The van der Waals surface area contributed by atoms with Gasteiger partial charge in [0.25, 0.3) is 11.6 Å². The summed E-state index contributed by atoms with van der Waals surface area (Å²) in [6.45, 7) is 1.83. The molecular weight excluding hydrogens is 430 g/mol. The number of phenolic OH excluding ortho intramolecular Hbond substituents is 1. The summed E-state index contributed by atoms with van der Waals surface area (Å²) in [5, 5.41) is 26.0. The van der Waals surface area contributed by atoms with Gasteiger partial charge in [-0.2, -0.15) is 0 Å². The number of aromatic hydroxyl groups is 1. The molecule has 0 aliphatic rings. The van der Waals surface area contributed by atoms with Gasteiger partial charge in [0.2, 0.25) is 0 Å². The maximum absolute atomic E-state index is 12.6. The molecule has 0 fully saturated rings. The van der Waals surface area contributed by atoms with Gasteiger partial charge in [0.1, 0.15) is 5.56 Å². The lowest BCUT2D eigenvalue weighted by Gasteiger charge is -2.10. The number of amides is 1. The van der Waals surface area contributed by atoms with Crippen LogP contribution in [0, 0.1) is 17.0 Å². The van der Waals surface area contributed by atoms with Crippen LogP contribution in [0.2, 0.25) is 0 Å². The van der Waals surface area contributed by atoms with E-state index in [0.29, 0.717) is 9.24 Å². The second-order valence-corrected chi connectivity index (χ2v) is 8.09. The molecule has 3 rings (SSSR count). The van der Waals surface area contributed by atoms with Crippen LogP contribution in [0.4, 0.5) is 11.4 Å². The summed E-state index contributed by atoms with van der Waals surface area (Å²) in [6, 6.07) is 8.25. The first-order valence-electron chi connectivity index (χ1n) is 8.40. The van der Waals surface area contributed by atoms with E-state index >= 15 is 0 Å². The number of carbonyl (C=O) groups is 2. The van der Waals surface area contributed by atoms with Crippen LogP contribution in [0.1, 0.15) is 26.4 Å². The Morgan fingerprint density at radius 1 is 1.30 bits per heavy atom. The number of esters is 1. The monoisotopic (exact) mass is 445 g/mol. The van der Waals surface area contributed by atoms with E-state index in [-0.39, 0.29) is 22.5 Å². The van der Waals surface area contributed by atoms with Crippen LogP contribution in [0.5, 0.6) is 5.75 Å². The fraction of sp³-hybridized carbons (Fsp3) is 0.105. The molecule has 9 nitrogen and oxygen atoms in total. The lowest BCUT2D eigenvalue weighted by Crippen LogP contribution is -2.13. The van der Waals surface area contributed by atoms with Gasteiger partial charge in [0.05, 0.1) is 22.6 Å². The molecule has 1 heterocycles. The number of nitrogens with one attached hydrogen (secondary N) is 1. The van der Waals surface area contributed by atoms with Gasteiger partial charge in [0, 0.05) is 22.7 Å². The molecular formula is C19H15N3O6S2. The fourth-order valence-corrected chi connectivity index (χ4v) is 4.35. The van der Waals surface area contributed by atoms with E-state index in [0.717, 1.165) is 23.5 Å². The Labute approximate surface area is 178 Å². The summed E-state index contributed by atoms with van der Waals surface area (Å²) in [7, 11) is 1.17. The van der Waals surface area contributed by atoms with Crippen molar-refractivity contribution in [3.05, 3.63) is 68.7 Å². The predicted molar refractivity (Wildman–Crippen MR) is 111 cm³/mol. The molecule has 2 aromatic carbocycles. The van der Waals surface area contributed by atoms with E-state index < -0.39 is 22.5 Å². The molecule has 0 bridgehead atoms. The molecule has 1 amide bonds. The Balaban J connectivity index is 1.87. The van der Waals surface area contributed by atoms with Crippen molar-refractivity contribution in [3.63, 3.8) is 0 Å². The number of nitrogens with zero attached hydrogens (tertiary/aromatic N) is 2. The Morgan fingerprint density at radius 2 is 2.07 bits per heavy atom. The maximum Gasteiger partial charge on any atom is 0.341 e. The number of aromatic nitrogens is 1. The van der Waals surface area contributed by atoms with Crippen LogP contribution in [0.25, 0.3) is 0 Å². The molecule has 0 unspecified atom stereocenters. The average Bonchev–Trinajstić information content (AvgIpc) is 3.13. The number of carbonyl (C=O) groups excluding carboxylic acids is 2. The minimum atomic E-state index is -0.766. The number of phenols is 1. The van der Waals surface area contributed by atoms with Crippen molar-refractivity contribution in [1.29, 1.82) is 0 Å². The number of ether oxygens (including phenoxy) is 1. The zero-order valence-corrected chi connectivity index (χ0v) is 17.4.